The minimum Gasteiger partial charge on any atom is -0.454 e. The van der Waals surface area contributed by atoms with Gasteiger partial charge in [-0.1, -0.05) is 64.4 Å². The lowest BCUT2D eigenvalue weighted by Gasteiger charge is -2.32. The Morgan fingerprint density at radius 2 is 1.71 bits per heavy atom. The van der Waals surface area contributed by atoms with Gasteiger partial charge < -0.3 is 35.6 Å². The molecule has 1 aliphatic heterocycles. The van der Waals surface area contributed by atoms with E-state index in [-0.39, 0.29) is 62.1 Å². The molecule has 0 aliphatic carbocycles. The lowest BCUT2D eigenvalue weighted by atomic mass is 9.96. The van der Waals surface area contributed by atoms with Gasteiger partial charge in [0, 0.05) is 25.8 Å². The van der Waals surface area contributed by atoms with E-state index >= 15 is 0 Å². The molecule has 5 N–H and O–H groups in total. The normalized spacial score (nSPS) is 15.5. The van der Waals surface area contributed by atoms with E-state index < -0.39 is 34.1 Å². The smallest absolute Gasteiger partial charge is 0.243 e. The molecule has 0 fully saturated rings. The van der Waals surface area contributed by atoms with Crippen LogP contribution in [0.4, 0.5) is 0 Å². The zero-order valence-corrected chi connectivity index (χ0v) is 27.4. The van der Waals surface area contributed by atoms with Crippen molar-refractivity contribution >= 4 is 21.8 Å². The molecule has 0 spiro atoms. The van der Waals surface area contributed by atoms with Crippen LogP contribution in [-0.2, 0) is 26.0 Å². The van der Waals surface area contributed by atoms with E-state index in [1.807, 2.05) is 58.0 Å². The number of carbonyl (C=O) groups excluding carboxylic acids is 2. The summed E-state index contributed by atoms with van der Waals surface area (Å²) in [5.74, 6) is -0.326. The third-order valence-corrected chi connectivity index (χ3v) is 9.47. The number of ether oxygens (including phenoxy) is 2. The van der Waals surface area contributed by atoms with Crippen LogP contribution in [0.15, 0.2) is 53.4 Å². The van der Waals surface area contributed by atoms with Crippen LogP contribution < -0.4 is 25.4 Å². The maximum atomic E-state index is 13.9. The molecule has 0 radical (unpaired) electrons. The van der Waals surface area contributed by atoms with Gasteiger partial charge in [0.15, 0.2) is 11.5 Å². The highest BCUT2D eigenvalue weighted by Gasteiger charge is 2.34. The number of hydrogen-bond acceptors (Lipinski definition) is 9. The number of hydrogen-bond donors (Lipinski definition) is 5. The monoisotopic (exact) mass is 648 g/mol. The molecule has 3 rings (SSSR count). The summed E-state index contributed by atoms with van der Waals surface area (Å²) in [5.41, 5.74) is 0.841. The predicted molar refractivity (Wildman–Crippen MR) is 170 cm³/mol. The van der Waals surface area contributed by atoms with Crippen molar-refractivity contribution in [1.29, 1.82) is 0 Å². The molecule has 2 aromatic carbocycles. The van der Waals surface area contributed by atoms with Crippen LogP contribution in [0.3, 0.4) is 0 Å². The van der Waals surface area contributed by atoms with Crippen LogP contribution in [0, 0.1) is 11.8 Å². The van der Waals surface area contributed by atoms with Crippen LogP contribution >= 0.6 is 0 Å². The van der Waals surface area contributed by atoms with Crippen molar-refractivity contribution in [3.63, 3.8) is 0 Å². The highest BCUT2D eigenvalue weighted by atomic mass is 32.2. The Balaban J connectivity index is 1.84. The summed E-state index contributed by atoms with van der Waals surface area (Å²) in [6.07, 6.45) is 0.0555. The molecule has 4 atom stereocenters. The molecule has 45 heavy (non-hydrogen) atoms. The van der Waals surface area contributed by atoms with Gasteiger partial charge in [0.2, 0.25) is 28.6 Å². The Morgan fingerprint density at radius 3 is 2.38 bits per heavy atom. The number of rotatable bonds is 19. The number of aliphatic hydroxyl groups is 2. The first-order valence-corrected chi connectivity index (χ1v) is 16.9. The molecule has 12 nitrogen and oxygen atoms in total. The number of sulfonamides is 1. The highest BCUT2D eigenvalue weighted by molar-refractivity contribution is 7.89. The molecular formula is C32H48N4O8S. The molecule has 0 saturated carbocycles. The van der Waals surface area contributed by atoms with Crippen molar-refractivity contribution in [3.05, 3.63) is 54.1 Å². The molecule has 2 amide bonds. The Morgan fingerprint density at radius 1 is 1.00 bits per heavy atom. The molecule has 2 aromatic rings. The van der Waals surface area contributed by atoms with Gasteiger partial charge in [-0.3, -0.25) is 9.59 Å². The van der Waals surface area contributed by atoms with Crippen molar-refractivity contribution in [2.75, 3.05) is 39.6 Å². The highest BCUT2D eigenvalue weighted by Crippen LogP contribution is 2.35. The molecule has 1 aliphatic rings. The lowest BCUT2D eigenvalue weighted by molar-refractivity contribution is -0.130. The number of nitrogens with zero attached hydrogens (tertiary/aromatic N) is 1. The third kappa shape index (κ3) is 10.7. The van der Waals surface area contributed by atoms with Gasteiger partial charge in [0.1, 0.15) is 6.04 Å². The van der Waals surface area contributed by atoms with Gasteiger partial charge in [-0.15, -0.1) is 0 Å². The molecule has 0 aromatic heterocycles. The van der Waals surface area contributed by atoms with Gasteiger partial charge in [0.25, 0.3) is 0 Å². The maximum absolute atomic E-state index is 13.9. The van der Waals surface area contributed by atoms with E-state index in [9.17, 15) is 23.1 Å². The van der Waals surface area contributed by atoms with E-state index in [2.05, 4.69) is 16.0 Å². The second-order valence-corrected chi connectivity index (χ2v) is 13.7. The fraction of sp³-hybridized carbons (Fsp3) is 0.562. The predicted octanol–water partition coefficient (Wildman–Crippen LogP) is 1.65. The molecule has 1 heterocycles. The Labute approximate surface area is 266 Å². The first-order chi connectivity index (χ1) is 21.5. The SMILES string of the molecule is CCC(C)[C@H](NC(=O)CNCCCO)C(=O)N[C@@H](Cc1ccccc1)[C@H](O)CN(CC(C)C)S(=O)(=O)c1ccc2c(c1)OCO2. The first kappa shape index (κ1) is 36.2. The maximum Gasteiger partial charge on any atom is 0.243 e. The minimum atomic E-state index is -4.06. The second kappa shape index (κ2) is 17.5. The van der Waals surface area contributed by atoms with Crippen molar-refractivity contribution < 1.29 is 37.7 Å². The Bertz CT molecular complexity index is 1340. The second-order valence-electron chi connectivity index (χ2n) is 11.8. The van der Waals surface area contributed by atoms with Crippen LogP contribution in [0.2, 0.25) is 0 Å². The number of nitrogens with one attached hydrogen (secondary N) is 3. The van der Waals surface area contributed by atoms with Crippen molar-refractivity contribution in [1.82, 2.24) is 20.3 Å². The average Bonchev–Trinajstić information content (AvgIpc) is 3.49. The van der Waals surface area contributed by atoms with Gasteiger partial charge in [-0.05, 0) is 48.9 Å². The van der Waals surface area contributed by atoms with Gasteiger partial charge >= 0.3 is 0 Å². The van der Waals surface area contributed by atoms with E-state index in [0.29, 0.717) is 30.9 Å². The Kier molecular flexibility index (Phi) is 14.1. The fourth-order valence-corrected chi connectivity index (χ4v) is 6.59. The number of amides is 2. The summed E-state index contributed by atoms with van der Waals surface area (Å²) >= 11 is 0. The van der Waals surface area contributed by atoms with Gasteiger partial charge in [0.05, 0.1) is 23.6 Å². The van der Waals surface area contributed by atoms with Gasteiger partial charge in [-0.2, -0.15) is 4.31 Å². The minimum absolute atomic E-state index is 0.00420. The average molecular weight is 649 g/mol. The quantitative estimate of drug-likeness (QED) is 0.142. The van der Waals surface area contributed by atoms with Crippen LogP contribution in [0.1, 0.15) is 46.1 Å². The summed E-state index contributed by atoms with van der Waals surface area (Å²) in [4.78, 5) is 26.4. The number of fused-ring (bicyclic) bond motifs is 1. The standard InChI is InChI=1S/C32H48N4O8S/c1-5-23(4)31(35-30(39)18-33-14-9-15-37)32(40)34-26(16-24-10-7-6-8-11-24)27(38)20-36(19-22(2)3)45(41,42)25-12-13-28-29(17-25)44-21-43-28/h6-8,10-13,17,22-23,26-27,31,33,37-38H,5,9,14-16,18-21H2,1-4H3,(H,34,40)(H,35,39)/t23?,26-,27+,31-/m0/s1. The van der Waals surface area contributed by atoms with E-state index in [0.717, 1.165) is 5.56 Å². The molecular weight excluding hydrogens is 600 g/mol. The van der Waals surface area contributed by atoms with Crippen molar-refractivity contribution in [2.24, 2.45) is 11.8 Å². The molecule has 250 valence electrons. The summed E-state index contributed by atoms with van der Waals surface area (Å²) < 4.78 is 39.7. The zero-order chi connectivity index (χ0) is 33.0. The molecule has 0 bridgehead atoms. The zero-order valence-electron chi connectivity index (χ0n) is 26.6. The topological polar surface area (TPSA) is 167 Å². The van der Waals surface area contributed by atoms with Crippen molar-refractivity contribution in [2.45, 2.75) is 70.0 Å². The summed E-state index contributed by atoms with van der Waals surface area (Å²) in [6.45, 7) is 7.85. The Hall–Kier alpha value is -3.23. The van der Waals surface area contributed by atoms with Crippen molar-refractivity contribution in [3.8, 4) is 11.5 Å². The third-order valence-electron chi connectivity index (χ3n) is 7.64. The lowest BCUT2D eigenvalue weighted by Crippen LogP contribution is -2.57. The number of carbonyl (C=O) groups is 2. The van der Waals surface area contributed by atoms with Gasteiger partial charge in [-0.25, -0.2) is 8.42 Å². The fourth-order valence-electron chi connectivity index (χ4n) is 4.96. The van der Waals surface area contributed by atoms with Crippen LogP contribution in [-0.4, -0.2) is 92.5 Å². The van der Waals surface area contributed by atoms with E-state index in [1.165, 1.54) is 16.4 Å². The van der Waals surface area contributed by atoms with Crippen LogP contribution in [0.5, 0.6) is 11.5 Å². The molecule has 0 saturated heterocycles. The summed E-state index contributed by atoms with van der Waals surface area (Å²) in [5, 5.41) is 29.2. The molecule has 13 heteroatoms. The largest absolute Gasteiger partial charge is 0.454 e. The number of aliphatic hydroxyl groups excluding tert-OH is 2. The van der Waals surface area contributed by atoms with Crippen LogP contribution in [0.25, 0.3) is 0 Å². The van der Waals surface area contributed by atoms with E-state index in [1.54, 1.807) is 6.07 Å². The summed E-state index contributed by atoms with van der Waals surface area (Å²) in [6, 6.07) is 12.0. The molecule has 1 unspecified atom stereocenters. The van der Waals surface area contributed by atoms with E-state index in [4.69, 9.17) is 14.6 Å². The summed E-state index contributed by atoms with van der Waals surface area (Å²) in [7, 11) is -4.06. The number of benzene rings is 2. The first-order valence-electron chi connectivity index (χ1n) is 15.5.